The SMILES string of the molecule is CC(C)C(C)COC(C)(C)CCS. The number of thiol groups is 1. The molecule has 1 atom stereocenters. The molecule has 0 heterocycles. The molecule has 0 amide bonds. The molecule has 0 rings (SSSR count). The highest BCUT2D eigenvalue weighted by Crippen LogP contribution is 2.18. The Morgan fingerprint density at radius 1 is 1.23 bits per heavy atom. The predicted molar refractivity (Wildman–Crippen MR) is 62.5 cm³/mol. The minimum Gasteiger partial charge on any atom is -0.375 e. The zero-order valence-electron chi connectivity index (χ0n) is 9.63. The third kappa shape index (κ3) is 6.39. The van der Waals surface area contributed by atoms with E-state index in [1.165, 1.54) is 0 Å². The van der Waals surface area contributed by atoms with Crippen molar-refractivity contribution in [3.05, 3.63) is 0 Å². The second-order valence-electron chi connectivity index (χ2n) is 4.77. The van der Waals surface area contributed by atoms with E-state index in [4.69, 9.17) is 4.74 Å². The van der Waals surface area contributed by atoms with Gasteiger partial charge in [0.2, 0.25) is 0 Å². The third-order valence-corrected chi connectivity index (χ3v) is 2.81. The number of hydrogen-bond donors (Lipinski definition) is 1. The van der Waals surface area contributed by atoms with Gasteiger partial charge in [-0.15, -0.1) is 0 Å². The van der Waals surface area contributed by atoms with Gasteiger partial charge in [-0.2, -0.15) is 12.6 Å². The first-order chi connectivity index (χ1) is 5.89. The minimum absolute atomic E-state index is 0.00903. The van der Waals surface area contributed by atoms with Crippen molar-refractivity contribution < 1.29 is 4.74 Å². The molecule has 2 heteroatoms. The lowest BCUT2D eigenvalue weighted by Gasteiger charge is -2.27. The Balaban J connectivity index is 3.73. The van der Waals surface area contributed by atoms with Gasteiger partial charge in [-0.3, -0.25) is 0 Å². The van der Waals surface area contributed by atoms with Gasteiger partial charge < -0.3 is 4.74 Å². The van der Waals surface area contributed by atoms with Gasteiger partial charge in [-0.25, -0.2) is 0 Å². The zero-order valence-corrected chi connectivity index (χ0v) is 10.5. The quantitative estimate of drug-likeness (QED) is 0.652. The summed E-state index contributed by atoms with van der Waals surface area (Å²) in [5.41, 5.74) is -0.00903. The molecule has 0 saturated carbocycles. The lowest BCUT2D eigenvalue weighted by molar-refractivity contribution is -0.0403. The molecular formula is C11H24OS. The Bertz CT molecular complexity index is 132. The fourth-order valence-corrected chi connectivity index (χ4v) is 1.43. The van der Waals surface area contributed by atoms with E-state index in [0.717, 1.165) is 18.8 Å². The molecule has 0 aromatic heterocycles. The Labute approximate surface area is 88.7 Å². The molecule has 13 heavy (non-hydrogen) atoms. The van der Waals surface area contributed by atoms with Crippen LogP contribution in [0, 0.1) is 11.8 Å². The van der Waals surface area contributed by atoms with Crippen LogP contribution < -0.4 is 0 Å². The Morgan fingerprint density at radius 3 is 2.15 bits per heavy atom. The van der Waals surface area contributed by atoms with Crippen LogP contribution in [0.4, 0.5) is 0 Å². The molecule has 0 aliphatic carbocycles. The highest BCUT2D eigenvalue weighted by atomic mass is 32.1. The van der Waals surface area contributed by atoms with Gasteiger partial charge in [0, 0.05) is 0 Å². The molecule has 0 radical (unpaired) electrons. The molecule has 0 bridgehead atoms. The normalized spacial score (nSPS) is 15.0. The van der Waals surface area contributed by atoms with Gasteiger partial charge >= 0.3 is 0 Å². The van der Waals surface area contributed by atoms with Crippen molar-refractivity contribution in [2.75, 3.05) is 12.4 Å². The molecule has 0 aromatic rings. The van der Waals surface area contributed by atoms with Crippen molar-refractivity contribution in [2.24, 2.45) is 11.8 Å². The topological polar surface area (TPSA) is 9.23 Å². The summed E-state index contributed by atoms with van der Waals surface area (Å²) in [6.45, 7) is 11.8. The van der Waals surface area contributed by atoms with Crippen molar-refractivity contribution in [3.63, 3.8) is 0 Å². The van der Waals surface area contributed by atoms with Crippen molar-refractivity contribution in [2.45, 2.75) is 46.6 Å². The molecule has 0 aromatic carbocycles. The van der Waals surface area contributed by atoms with Crippen LogP contribution in [-0.4, -0.2) is 18.0 Å². The van der Waals surface area contributed by atoms with Crippen LogP contribution in [0.3, 0.4) is 0 Å². The van der Waals surface area contributed by atoms with E-state index < -0.39 is 0 Å². The van der Waals surface area contributed by atoms with Gasteiger partial charge in [0.25, 0.3) is 0 Å². The number of ether oxygens (including phenoxy) is 1. The second-order valence-corrected chi connectivity index (χ2v) is 5.21. The molecule has 0 aliphatic heterocycles. The fourth-order valence-electron chi connectivity index (χ4n) is 0.891. The summed E-state index contributed by atoms with van der Waals surface area (Å²) in [6.07, 6.45) is 1.01. The first kappa shape index (κ1) is 13.3. The van der Waals surface area contributed by atoms with Gasteiger partial charge in [0.1, 0.15) is 0 Å². The van der Waals surface area contributed by atoms with Crippen molar-refractivity contribution in [3.8, 4) is 0 Å². The minimum atomic E-state index is -0.00903. The van der Waals surface area contributed by atoms with Crippen LogP contribution in [0.15, 0.2) is 0 Å². The average Bonchev–Trinajstić information content (AvgIpc) is 2.00. The Kier molecular flexibility index (Phi) is 6.06. The monoisotopic (exact) mass is 204 g/mol. The van der Waals surface area contributed by atoms with E-state index in [-0.39, 0.29) is 5.60 Å². The molecular weight excluding hydrogens is 180 g/mol. The summed E-state index contributed by atoms with van der Waals surface area (Å²) < 4.78 is 5.84. The standard InChI is InChI=1S/C11H24OS/c1-9(2)10(3)8-12-11(4,5)6-7-13/h9-10,13H,6-8H2,1-5H3. The number of rotatable bonds is 6. The van der Waals surface area contributed by atoms with Crippen molar-refractivity contribution >= 4 is 12.6 Å². The first-order valence-corrected chi connectivity index (χ1v) is 5.77. The lowest BCUT2D eigenvalue weighted by Crippen LogP contribution is -2.28. The average molecular weight is 204 g/mol. The molecule has 0 aliphatic rings. The largest absolute Gasteiger partial charge is 0.375 e. The van der Waals surface area contributed by atoms with Crippen LogP contribution in [0.2, 0.25) is 0 Å². The fraction of sp³-hybridized carbons (Fsp3) is 1.00. The summed E-state index contributed by atoms with van der Waals surface area (Å²) in [7, 11) is 0. The third-order valence-electron chi connectivity index (χ3n) is 2.59. The zero-order chi connectivity index (χ0) is 10.5. The number of hydrogen-bond acceptors (Lipinski definition) is 2. The van der Waals surface area contributed by atoms with Crippen LogP contribution in [0.25, 0.3) is 0 Å². The summed E-state index contributed by atoms with van der Waals surface area (Å²) in [6, 6.07) is 0. The lowest BCUT2D eigenvalue weighted by atomic mass is 9.98. The molecule has 1 nitrogen and oxygen atoms in total. The van der Waals surface area contributed by atoms with E-state index >= 15 is 0 Å². The molecule has 0 saturated heterocycles. The van der Waals surface area contributed by atoms with Crippen molar-refractivity contribution in [1.82, 2.24) is 0 Å². The van der Waals surface area contributed by atoms with E-state index in [9.17, 15) is 0 Å². The van der Waals surface area contributed by atoms with E-state index in [0.29, 0.717) is 11.8 Å². The second kappa shape index (κ2) is 5.92. The van der Waals surface area contributed by atoms with Gasteiger partial charge in [-0.05, 0) is 37.9 Å². The maximum atomic E-state index is 5.84. The molecule has 0 fully saturated rings. The smallest absolute Gasteiger partial charge is 0.0634 e. The summed E-state index contributed by atoms with van der Waals surface area (Å²) >= 11 is 4.22. The van der Waals surface area contributed by atoms with Crippen LogP contribution in [0.5, 0.6) is 0 Å². The molecule has 1 unspecified atom stereocenters. The van der Waals surface area contributed by atoms with Gasteiger partial charge in [-0.1, -0.05) is 20.8 Å². The van der Waals surface area contributed by atoms with Crippen LogP contribution in [0.1, 0.15) is 41.0 Å². The molecule has 0 spiro atoms. The van der Waals surface area contributed by atoms with Gasteiger partial charge in [0.15, 0.2) is 0 Å². The maximum Gasteiger partial charge on any atom is 0.0634 e. The highest BCUT2D eigenvalue weighted by molar-refractivity contribution is 7.80. The molecule has 0 N–H and O–H groups in total. The summed E-state index contributed by atoms with van der Waals surface area (Å²) in [5, 5.41) is 0. The van der Waals surface area contributed by atoms with E-state index in [1.54, 1.807) is 0 Å². The van der Waals surface area contributed by atoms with Gasteiger partial charge in [0.05, 0.1) is 12.2 Å². The predicted octanol–water partition coefficient (Wildman–Crippen LogP) is 3.39. The Morgan fingerprint density at radius 2 is 1.77 bits per heavy atom. The highest BCUT2D eigenvalue weighted by Gasteiger charge is 2.19. The van der Waals surface area contributed by atoms with E-state index in [2.05, 4.69) is 47.2 Å². The summed E-state index contributed by atoms with van der Waals surface area (Å²) in [4.78, 5) is 0. The first-order valence-electron chi connectivity index (χ1n) is 5.14. The van der Waals surface area contributed by atoms with Crippen molar-refractivity contribution in [1.29, 1.82) is 0 Å². The Hall–Kier alpha value is 0.310. The van der Waals surface area contributed by atoms with Crippen LogP contribution in [-0.2, 0) is 4.74 Å². The maximum absolute atomic E-state index is 5.84. The molecule has 80 valence electrons. The van der Waals surface area contributed by atoms with E-state index in [1.807, 2.05) is 0 Å². The summed E-state index contributed by atoms with van der Waals surface area (Å²) in [5.74, 6) is 2.23. The van der Waals surface area contributed by atoms with Crippen LogP contribution >= 0.6 is 12.6 Å².